The zero-order valence-corrected chi connectivity index (χ0v) is 22.1. The second-order valence-corrected chi connectivity index (χ2v) is 10.5. The van der Waals surface area contributed by atoms with E-state index in [0.717, 1.165) is 12.1 Å². The summed E-state index contributed by atoms with van der Waals surface area (Å²) in [5.41, 5.74) is 0.738. The highest BCUT2D eigenvalue weighted by atomic mass is 19.1. The van der Waals surface area contributed by atoms with Gasteiger partial charge < -0.3 is 14.4 Å². The van der Waals surface area contributed by atoms with Crippen molar-refractivity contribution in [2.24, 2.45) is 4.99 Å². The number of rotatable bonds is 8. The molecule has 0 saturated carbocycles. The number of halogens is 1. The molecule has 9 heteroatoms. The average molecular weight is 529 g/mol. The van der Waals surface area contributed by atoms with Crippen molar-refractivity contribution in [3.05, 3.63) is 89.4 Å². The minimum Gasteiger partial charge on any atom is -0.472 e. The summed E-state index contributed by atoms with van der Waals surface area (Å²) in [4.78, 5) is 42.2. The molecule has 0 aliphatic carbocycles. The van der Waals surface area contributed by atoms with E-state index in [4.69, 9.17) is 9.47 Å². The number of carbonyl (C=O) groups is 2. The molecule has 5 rings (SSSR count). The first-order valence-corrected chi connectivity index (χ1v) is 12.7. The molecule has 39 heavy (non-hydrogen) atoms. The summed E-state index contributed by atoms with van der Waals surface area (Å²) in [7, 11) is 0. The van der Waals surface area contributed by atoms with Gasteiger partial charge in [-0.2, -0.15) is 4.98 Å². The smallest absolute Gasteiger partial charge is 0.309 e. The van der Waals surface area contributed by atoms with Crippen LogP contribution in [0.4, 0.5) is 16.0 Å². The van der Waals surface area contributed by atoms with Crippen molar-refractivity contribution in [3.8, 4) is 5.88 Å². The molecule has 0 radical (unpaired) electrons. The van der Waals surface area contributed by atoms with Gasteiger partial charge in [0.2, 0.25) is 17.6 Å². The molecule has 1 aromatic heterocycles. The first kappa shape index (κ1) is 26.2. The minimum absolute atomic E-state index is 0.0474. The van der Waals surface area contributed by atoms with Crippen LogP contribution in [0.25, 0.3) is 0 Å². The van der Waals surface area contributed by atoms with Gasteiger partial charge in [-0.25, -0.2) is 9.37 Å². The number of allylic oxidation sites excluding steroid dienone is 1. The van der Waals surface area contributed by atoms with Gasteiger partial charge in [0.1, 0.15) is 23.6 Å². The molecule has 200 valence electrons. The Morgan fingerprint density at radius 3 is 2.59 bits per heavy atom. The van der Waals surface area contributed by atoms with Crippen LogP contribution in [0.1, 0.15) is 48.7 Å². The van der Waals surface area contributed by atoms with Crippen molar-refractivity contribution >= 4 is 29.6 Å². The molecule has 0 bridgehead atoms. The van der Waals surface area contributed by atoms with Gasteiger partial charge in [0.05, 0.1) is 6.42 Å². The first-order valence-electron chi connectivity index (χ1n) is 12.7. The Morgan fingerprint density at radius 1 is 1.10 bits per heavy atom. The van der Waals surface area contributed by atoms with Crippen LogP contribution < -0.4 is 9.64 Å². The van der Waals surface area contributed by atoms with Crippen molar-refractivity contribution in [3.63, 3.8) is 0 Å². The lowest BCUT2D eigenvalue weighted by molar-refractivity contribution is -0.155. The highest BCUT2D eigenvalue weighted by molar-refractivity contribution is 6.10. The number of hydrogen-bond donors (Lipinski definition) is 0. The van der Waals surface area contributed by atoms with Crippen molar-refractivity contribution in [1.82, 2.24) is 9.97 Å². The lowest BCUT2D eigenvalue weighted by Crippen LogP contribution is -2.38. The topological polar surface area (TPSA) is 94.0 Å². The van der Waals surface area contributed by atoms with Crippen LogP contribution in [-0.4, -0.2) is 45.6 Å². The number of anilines is 2. The fourth-order valence-electron chi connectivity index (χ4n) is 4.60. The molecule has 0 amide bonds. The molecular formula is C30H29FN4O4. The summed E-state index contributed by atoms with van der Waals surface area (Å²) < 4.78 is 24.9. The zero-order valence-electron chi connectivity index (χ0n) is 22.1. The quantitative estimate of drug-likeness (QED) is 0.294. The third kappa shape index (κ3) is 5.72. The second kappa shape index (κ2) is 10.4. The third-order valence-corrected chi connectivity index (χ3v) is 6.39. The molecule has 1 unspecified atom stereocenters. The minimum atomic E-state index is -1.50. The second-order valence-electron chi connectivity index (χ2n) is 10.5. The van der Waals surface area contributed by atoms with Gasteiger partial charge in [0, 0.05) is 24.6 Å². The highest BCUT2D eigenvalue weighted by Crippen LogP contribution is 2.36. The van der Waals surface area contributed by atoms with Gasteiger partial charge >= 0.3 is 5.97 Å². The van der Waals surface area contributed by atoms with E-state index in [-0.39, 0.29) is 30.3 Å². The van der Waals surface area contributed by atoms with Crippen molar-refractivity contribution in [2.45, 2.75) is 51.4 Å². The lowest BCUT2D eigenvalue weighted by atomic mass is 9.88. The van der Waals surface area contributed by atoms with Crippen LogP contribution in [0, 0.1) is 5.82 Å². The number of Topliss-reactive ketones (excluding diaryl/α,β-unsaturated/α-hetero) is 1. The fraction of sp³-hybridized carbons (Fsp3) is 0.300. The molecule has 2 aromatic carbocycles. The Hall–Kier alpha value is -4.40. The van der Waals surface area contributed by atoms with E-state index in [9.17, 15) is 14.0 Å². The Bertz CT molecular complexity index is 1450. The Kier molecular flexibility index (Phi) is 6.99. The van der Waals surface area contributed by atoms with E-state index < -0.39 is 22.9 Å². The molecule has 3 aromatic rings. The molecule has 3 heterocycles. The van der Waals surface area contributed by atoms with Crippen LogP contribution in [0.5, 0.6) is 5.88 Å². The summed E-state index contributed by atoms with van der Waals surface area (Å²) in [6.45, 7) is 6.01. The third-order valence-electron chi connectivity index (χ3n) is 6.39. The van der Waals surface area contributed by atoms with Crippen LogP contribution >= 0.6 is 0 Å². The molecule has 1 atom stereocenters. The maximum atomic E-state index is 14.0. The van der Waals surface area contributed by atoms with Crippen LogP contribution in [0.15, 0.2) is 71.9 Å². The number of nitrogens with zero attached hydrogens (tertiary/aromatic N) is 4. The number of ether oxygens (including phenoxy) is 2. The van der Waals surface area contributed by atoms with Crippen molar-refractivity contribution in [2.75, 3.05) is 11.4 Å². The normalized spacial score (nSPS) is 17.8. The van der Waals surface area contributed by atoms with Crippen molar-refractivity contribution < 1.29 is 23.5 Å². The number of para-hydroxylation sites is 1. The van der Waals surface area contributed by atoms with Gasteiger partial charge in [-0.1, -0.05) is 30.3 Å². The average Bonchev–Trinajstić information content (AvgIpc) is 3.55. The number of ketones is 1. The van der Waals surface area contributed by atoms with E-state index >= 15 is 0 Å². The molecule has 2 aliphatic rings. The maximum Gasteiger partial charge on any atom is 0.309 e. The van der Waals surface area contributed by atoms with Crippen LogP contribution in [0.3, 0.4) is 0 Å². The monoisotopic (exact) mass is 528 g/mol. The molecular weight excluding hydrogens is 499 g/mol. The Labute approximate surface area is 226 Å². The highest BCUT2D eigenvalue weighted by Gasteiger charge is 2.43. The summed E-state index contributed by atoms with van der Waals surface area (Å²) in [5.74, 6) is -0.961. The van der Waals surface area contributed by atoms with E-state index in [1.54, 1.807) is 45.1 Å². The fourth-order valence-corrected chi connectivity index (χ4v) is 4.60. The zero-order chi connectivity index (χ0) is 27.6. The van der Waals surface area contributed by atoms with E-state index in [1.165, 1.54) is 30.1 Å². The molecule has 0 spiro atoms. The number of fused-ring (bicyclic) bond motifs is 1. The number of esters is 1. The van der Waals surface area contributed by atoms with Crippen LogP contribution in [0.2, 0.25) is 0 Å². The van der Waals surface area contributed by atoms with Gasteiger partial charge in [-0.05, 0) is 68.7 Å². The van der Waals surface area contributed by atoms with Gasteiger partial charge in [-0.3, -0.25) is 14.6 Å². The lowest BCUT2D eigenvalue weighted by Gasteiger charge is -2.26. The molecule has 0 N–H and O–H groups in total. The predicted octanol–water partition coefficient (Wildman–Crippen LogP) is 5.18. The Morgan fingerprint density at radius 2 is 1.87 bits per heavy atom. The maximum absolute atomic E-state index is 14.0. The van der Waals surface area contributed by atoms with Crippen LogP contribution in [-0.2, 0) is 22.6 Å². The first-order chi connectivity index (χ1) is 18.6. The number of aliphatic imine (C=N–C) groups is 1. The summed E-state index contributed by atoms with van der Waals surface area (Å²) in [5, 5.41) is 0. The largest absolute Gasteiger partial charge is 0.472 e. The number of aromatic nitrogens is 2. The number of benzene rings is 2. The number of carbonyl (C=O) groups excluding carboxylic acids is 2. The standard InChI is InChI=1S/C30H29FN4O4/c1-29(2,3)39-25(36)17-30(14-6-15-33-30)26(37)23-18-32-28(35-16-13-21-7-4-5-8-24(21)35)34-27(23)38-19-20-9-11-22(31)12-10-20/h4-12,14-15,18H,13,16-17,19H2,1-3H3. The molecule has 0 saturated heterocycles. The van der Waals surface area contributed by atoms with E-state index in [0.29, 0.717) is 18.1 Å². The SMILES string of the molecule is CC(C)(C)OC(=O)CC1(C(=O)c2cnc(N3CCc4ccccc43)nc2OCc2ccc(F)cc2)C=CC=N1. The van der Waals surface area contributed by atoms with E-state index in [1.807, 2.05) is 23.1 Å². The van der Waals surface area contributed by atoms with Gasteiger partial charge in [0.25, 0.3) is 0 Å². The summed E-state index contributed by atoms with van der Waals surface area (Å²) in [6.07, 6.45) is 6.66. The summed E-state index contributed by atoms with van der Waals surface area (Å²) >= 11 is 0. The molecule has 2 aliphatic heterocycles. The summed E-state index contributed by atoms with van der Waals surface area (Å²) in [6, 6.07) is 13.9. The van der Waals surface area contributed by atoms with Gasteiger partial charge in [-0.15, -0.1) is 0 Å². The molecule has 0 fully saturated rings. The predicted molar refractivity (Wildman–Crippen MR) is 145 cm³/mol. The number of hydrogen-bond acceptors (Lipinski definition) is 8. The van der Waals surface area contributed by atoms with Gasteiger partial charge in [0.15, 0.2) is 5.54 Å². The van der Waals surface area contributed by atoms with Crippen molar-refractivity contribution in [1.29, 1.82) is 0 Å². The molecule has 8 nitrogen and oxygen atoms in total. The van der Waals surface area contributed by atoms with E-state index in [2.05, 4.69) is 21.0 Å². The Balaban J connectivity index is 1.49.